The van der Waals surface area contributed by atoms with E-state index in [4.69, 9.17) is 0 Å². The second-order valence-corrected chi connectivity index (χ2v) is 23.7. The fraction of sp³-hybridized carbons (Fsp3) is 0.532. The number of thiophene rings is 1. The maximum atomic E-state index is 2.95. The standard InChI is InChI=1S/C47H57BN2S2/c1-27-23-32-37-33(24-27)50-38-31(25-34-30(26-45(9,10)52-34)35(38)46(11)19-13-14-20-47(46,50)12)48(37)41-39(36-40(51-41)44(7,8)22-21-43(36,5)6)49(32)29-17-15-28(16-18-29)42(2,3)4/h15-18,23-25H,13-14,19-22,26H2,1-12H3. The van der Waals surface area contributed by atoms with Crippen molar-refractivity contribution in [1.29, 1.82) is 0 Å². The summed E-state index contributed by atoms with van der Waals surface area (Å²) in [5.41, 5.74) is 18.7. The van der Waals surface area contributed by atoms with E-state index in [-0.39, 0.29) is 38.7 Å². The van der Waals surface area contributed by atoms with E-state index in [0.29, 0.717) is 0 Å². The van der Waals surface area contributed by atoms with Crippen molar-refractivity contribution in [1.82, 2.24) is 0 Å². The summed E-state index contributed by atoms with van der Waals surface area (Å²) in [7, 11) is 0. The van der Waals surface area contributed by atoms with Gasteiger partial charge in [-0.05, 0) is 125 Å². The van der Waals surface area contributed by atoms with Gasteiger partial charge in [0.25, 0.3) is 6.71 Å². The van der Waals surface area contributed by atoms with Crippen LogP contribution >= 0.6 is 23.1 Å². The number of thioether (sulfide) groups is 1. The smallest absolute Gasteiger partial charge is 0.264 e. The molecule has 5 heterocycles. The summed E-state index contributed by atoms with van der Waals surface area (Å²) in [5, 5.41) is 0. The Hall–Kier alpha value is -2.63. The van der Waals surface area contributed by atoms with Crippen LogP contribution in [0.5, 0.6) is 0 Å². The average Bonchev–Trinajstić information content (AvgIpc) is 3.67. The molecule has 0 radical (unpaired) electrons. The Bertz CT molecular complexity index is 2230. The molecule has 1 saturated carbocycles. The summed E-state index contributed by atoms with van der Waals surface area (Å²) in [6.07, 6.45) is 8.78. The van der Waals surface area contributed by atoms with Crippen LogP contribution in [-0.4, -0.2) is 17.0 Å². The summed E-state index contributed by atoms with van der Waals surface area (Å²) in [4.78, 5) is 8.89. The summed E-state index contributed by atoms with van der Waals surface area (Å²) >= 11 is 4.33. The molecule has 1 aromatic heterocycles. The van der Waals surface area contributed by atoms with Gasteiger partial charge < -0.3 is 9.80 Å². The van der Waals surface area contributed by atoms with Crippen molar-refractivity contribution in [3.05, 3.63) is 75.2 Å². The van der Waals surface area contributed by atoms with Crippen molar-refractivity contribution in [2.24, 2.45) is 0 Å². The van der Waals surface area contributed by atoms with Crippen molar-refractivity contribution in [3.8, 4) is 0 Å². The maximum Gasteiger partial charge on any atom is 0.264 e. The predicted octanol–water partition coefficient (Wildman–Crippen LogP) is 11.5. The molecule has 0 bridgehead atoms. The summed E-state index contributed by atoms with van der Waals surface area (Å²) in [6, 6.07) is 17.5. The molecule has 2 aliphatic carbocycles. The molecule has 5 heteroatoms. The molecular weight excluding hydrogens is 667 g/mol. The lowest BCUT2D eigenvalue weighted by molar-refractivity contribution is 0.194. The molecule has 10 rings (SSSR count). The molecule has 52 heavy (non-hydrogen) atoms. The second-order valence-electron chi connectivity index (χ2n) is 20.9. The second kappa shape index (κ2) is 10.2. The summed E-state index contributed by atoms with van der Waals surface area (Å²) in [6.45, 7) is 30.0. The molecule has 0 saturated heterocycles. The van der Waals surface area contributed by atoms with E-state index >= 15 is 0 Å². The molecular formula is C47H57BN2S2. The zero-order valence-corrected chi connectivity index (χ0v) is 35.4. The van der Waals surface area contributed by atoms with Crippen molar-refractivity contribution < 1.29 is 0 Å². The zero-order valence-electron chi connectivity index (χ0n) is 33.8. The van der Waals surface area contributed by atoms with E-state index in [2.05, 4.69) is 158 Å². The Morgan fingerprint density at radius 2 is 1.42 bits per heavy atom. The minimum Gasteiger partial charge on any atom is -0.335 e. The first-order valence-electron chi connectivity index (χ1n) is 20.2. The number of aryl methyl sites for hydroxylation is 1. The van der Waals surface area contributed by atoms with Crippen molar-refractivity contribution >= 4 is 74.0 Å². The van der Waals surface area contributed by atoms with Crippen LogP contribution in [0.25, 0.3) is 0 Å². The van der Waals surface area contributed by atoms with Crippen LogP contribution in [0, 0.1) is 6.92 Å². The minimum absolute atomic E-state index is 0.0412. The van der Waals surface area contributed by atoms with Crippen molar-refractivity contribution in [3.63, 3.8) is 0 Å². The Kier molecular flexibility index (Phi) is 6.62. The number of hydrogen-bond acceptors (Lipinski definition) is 4. The maximum absolute atomic E-state index is 2.95. The third-order valence-corrected chi connectivity index (χ3v) is 17.7. The van der Waals surface area contributed by atoms with E-state index in [1.165, 1.54) is 78.8 Å². The molecule has 2 atom stereocenters. The fourth-order valence-electron chi connectivity index (χ4n) is 11.8. The van der Waals surface area contributed by atoms with Gasteiger partial charge in [0, 0.05) is 47.5 Å². The number of fused-ring (bicyclic) bond motifs is 11. The lowest BCUT2D eigenvalue weighted by atomic mass is 9.35. The number of hydrogen-bond donors (Lipinski definition) is 0. The van der Waals surface area contributed by atoms with Crippen LogP contribution in [0.2, 0.25) is 0 Å². The monoisotopic (exact) mass is 724 g/mol. The number of rotatable bonds is 1. The van der Waals surface area contributed by atoms with Crippen molar-refractivity contribution in [2.75, 3.05) is 9.80 Å². The number of nitrogens with zero attached hydrogens (tertiary/aromatic N) is 2. The molecule has 4 aromatic rings. The minimum atomic E-state index is 0.0412. The predicted molar refractivity (Wildman–Crippen MR) is 229 cm³/mol. The largest absolute Gasteiger partial charge is 0.335 e. The fourth-order valence-corrected chi connectivity index (χ4v) is 14.9. The van der Waals surface area contributed by atoms with Crippen LogP contribution in [0.1, 0.15) is 147 Å². The average molecular weight is 725 g/mol. The summed E-state index contributed by atoms with van der Waals surface area (Å²) < 4.78 is 1.80. The quantitative estimate of drug-likeness (QED) is 0.159. The molecule has 1 fully saturated rings. The van der Waals surface area contributed by atoms with Gasteiger partial charge in [0.05, 0.1) is 11.2 Å². The first-order valence-corrected chi connectivity index (χ1v) is 21.8. The Morgan fingerprint density at radius 1 is 0.750 bits per heavy atom. The van der Waals surface area contributed by atoms with Crippen molar-refractivity contribution in [2.45, 2.75) is 165 Å². The van der Waals surface area contributed by atoms with E-state index in [0.717, 1.165) is 0 Å². The van der Waals surface area contributed by atoms with Crippen LogP contribution < -0.4 is 25.5 Å². The van der Waals surface area contributed by atoms with Gasteiger partial charge in [-0.1, -0.05) is 100 Å². The van der Waals surface area contributed by atoms with Gasteiger partial charge >= 0.3 is 0 Å². The topological polar surface area (TPSA) is 6.48 Å². The number of benzene rings is 3. The van der Waals surface area contributed by atoms with Gasteiger partial charge in [0.15, 0.2) is 0 Å². The number of anilines is 5. The highest BCUT2D eigenvalue weighted by molar-refractivity contribution is 8.01. The first-order chi connectivity index (χ1) is 24.3. The molecule has 2 nitrogen and oxygen atoms in total. The zero-order chi connectivity index (χ0) is 36.7. The molecule has 0 spiro atoms. The van der Waals surface area contributed by atoms with Gasteiger partial charge in [0.1, 0.15) is 0 Å². The molecule has 3 aromatic carbocycles. The van der Waals surface area contributed by atoms with Gasteiger partial charge in [-0.2, -0.15) is 11.3 Å². The van der Waals surface area contributed by atoms with E-state index in [1.54, 1.807) is 47.9 Å². The molecule has 270 valence electrons. The highest BCUT2D eigenvalue weighted by atomic mass is 32.2. The van der Waals surface area contributed by atoms with Gasteiger partial charge in [-0.25, -0.2) is 0 Å². The Morgan fingerprint density at radius 3 is 2.13 bits per heavy atom. The SMILES string of the molecule is Cc1cc2c3c(c1)N1c4c(cc5c(c4C4(C)CCCCC14C)CC(C)(C)S5)B3c1sc3c(c1N2c1ccc(C(C)(C)C)cc1)C(C)(C)CCC3(C)C. The van der Waals surface area contributed by atoms with Gasteiger partial charge in [0.2, 0.25) is 0 Å². The van der Waals surface area contributed by atoms with Crippen LogP contribution in [0.15, 0.2) is 47.4 Å². The third kappa shape index (κ3) is 4.17. The highest BCUT2D eigenvalue weighted by Gasteiger charge is 2.63. The Balaban J connectivity index is 1.35. The molecule has 0 N–H and O–H groups in total. The highest BCUT2D eigenvalue weighted by Crippen LogP contribution is 2.65. The third-order valence-electron chi connectivity index (χ3n) is 14.8. The Labute approximate surface area is 322 Å². The first kappa shape index (κ1) is 33.9. The molecule has 4 aliphatic heterocycles. The van der Waals surface area contributed by atoms with Crippen LogP contribution in [0.4, 0.5) is 28.4 Å². The van der Waals surface area contributed by atoms with E-state index < -0.39 is 0 Å². The lowest BCUT2D eigenvalue weighted by Gasteiger charge is -2.52. The van der Waals surface area contributed by atoms with Crippen LogP contribution in [-0.2, 0) is 28.1 Å². The van der Waals surface area contributed by atoms with E-state index in [1.807, 2.05) is 0 Å². The molecule has 0 amide bonds. The molecule has 2 unspecified atom stereocenters. The normalized spacial score (nSPS) is 26.7. The molecule has 6 aliphatic rings. The summed E-state index contributed by atoms with van der Waals surface area (Å²) in [5.74, 6) is 0. The van der Waals surface area contributed by atoms with Crippen LogP contribution in [0.3, 0.4) is 0 Å². The van der Waals surface area contributed by atoms with Gasteiger partial charge in [-0.15, -0.1) is 11.8 Å². The van der Waals surface area contributed by atoms with Gasteiger partial charge in [-0.3, -0.25) is 0 Å². The lowest BCUT2D eigenvalue weighted by Crippen LogP contribution is -2.64. The van der Waals surface area contributed by atoms with E-state index in [9.17, 15) is 0 Å².